The number of carboxylic acids is 1. The summed E-state index contributed by atoms with van der Waals surface area (Å²) in [5.74, 6) is -1.68. The molecule has 2 aromatic rings. The van der Waals surface area contributed by atoms with Gasteiger partial charge in [-0.15, -0.1) is 28.2 Å². The third-order valence-electron chi connectivity index (χ3n) is 4.50. The number of nitrogens with zero attached hydrogens (tertiary/aromatic N) is 4. The molecule has 4 heterocycles. The molecule has 0 saturated carbocycles. The van der Waals surface area contributed by atoms with E-state index in [1.54, 1.807) is 35.6 Å². The smallest absolute Gasteiger partial charge is 0.352 e. The third-order valence-corrected chi connectivity index (χ3v) is 9.40. The number of carboxylic acid groups (broad SMARTS) is 1. The standard InChI is InChI=1S/C17H17N5O5S4/c1-21-8-18-17(20-21)30-6-9-5-29-15-12(14(24)22(15)13(9)16(25)26)19-10(23)7-31(27)11-3-2-4-28-11/h2-4,8,12,15H,5-7H2,1H3,(H,19,23)(H,25,26)/t12?,15-,31?/m1/s1. The Hall–Kier alpha value is -2.16. The van der Waals surface area contributed by atoms with Gasteiger partial charge < -0.3 is 10.4 Å². The summed E-state index contributed by atoms with van der Waals surface area (Å²) in [6.45, 7) is 0. The predicted molar refractivity (Wildman–Crippen MR) is 117 cm³/mol. The minimum atomic E-state index is -1.48. The molecule has 0 aromatic carbocycles. The summed E-state index contributed by atoms with van der Waals surface area (Å²) < 4.78 is 14.3. The van der Waals surface area contributed by atoms with E-state index < -0.39 is 40.0 Å². The Morgan fingerprint density at radius 2 is 2.26 bits per heavy atom. The number of carbonyl (C=O) groups excluding carboxylic acids is 2. The van der Waals surface area contributed by atoms with Crippen LogP contribution in [0.4, 0.5) is 0 Å². The maximum atomic E-state index is 12.7. The molecule has 0 bridgehead atoms. The van der Waals surface area contributed by atoms with E-state index in [1.165, 1.54) is 39.8 Å². The molecular weight excluding hydrogens is 482 g/mol. The van der Waals surface area contributed by atoms with Crippen molar-refractivity contribution < 1.29 is 23.7 Å². The summed E-state index contributed by atoms with van der Waals surface area (Å²) in [5.41, 5.74) is 0.549. The van der Waals surface area contributed by atoms with Gasteiger partial charge in [-0.1, -0.05) is 17.8 Å². The highest BCUT2D eigenvalue weighted by Crippen LogP contribution is 2.41. The molecule has 10 nitrogen and oxygen atoms in total. The number of hydrogen-bond donors (Lipinski definition) is 2. The first-order chi connectivity index (χ1) is 14.8. The van der Waals surface area contributed by atoms with Gasteiger partial charge in [-0.05, 0) is 17.0 Å². The molecule has 1 saturated heterocycles. The molecule has 14 heteroatoms. The van der Waals surface area contributed by atoms with E-state index in [1.807, 2.05) is 0 Å². The van der Waals surface area contributed by atoms with Crippen molar-refractivity contribution in [1.82, 2.24) is 25.0 Å². The summed E-state index contributed by atoms with van der Waals surface area (Å²) in [4.78, 5) is 42.2. The minimum absolute atomic E-state index is 0.0511. The van der Waals surface area contributed by atoms with Crippen LogP contribution in [0.25, 0.3) is 0 Å². The van der Waals surface area contributed by atoms with Crippen molar-refractivity contribution in [2.75, 3.05) is 17.3 Å². The van der Waals surface area contributed by atoms with Crippen LogP contribution in [0.5, 0.6) is 0 Å². The molecule has 4 rings (SSSR count). The Labute approximate surface area is 191 Å². The summed E-state index contributed by atoms with van der Waals surface area (Å²) in [7, 11) is 0.257. The van der Waals surface area contributed by atoms with Gasteiger partial charge in [-0.25, -0.2) is 9.78 Å². The molecule has 2 unspecified atom stereocenters. The van der Waals surface area contributed by atoms with E-state index in [0.29, 0.717) is 26.4 Å². The van der Waals surface area contributed by atoms with Crippen molar-refractivity contribution >= 4 is 63.4 Å². The highest BCUT2D eigenvalue weighted by atomic mass is 32.2. The van der Waals surface area contributed by atoms with Gasteiger partial charge in [-0.2, -0.15) is 0 Å². The SMILES string of the molecule is Cn1cnc(SCC2=C(C(=O)O)N3C(=O)C(NC(=O)CS(=O)c4cccs4)[C@H]3SC2)n1. The lowest BCUT2D eigenvalue weighted by molar-refractivity contribution is -0.150. The minimum Gasteiger partial charge on any atom is -0.477 e. The summed E-state index contributed by atoms with van der Waals surface area (Å²) in [5, 5.41) is 18.3. The van der Waals surface area contributed by atoms with E-state index in [-0.39, 0.29) is 11.4 Å². The number of rotatable bonds is 8. The summed E-state index contributed by atoms with van der Waals surface area (Å²) in [6.07, 6.45) is 1.55. The number of amides is 2. The number of nitrogens with one attached hydrogen (secondary N) is 1. The normalized spacial score (nSPS) is 21.5. The topological polar surface area (TPSA) is 134 Å². The van der Waals surface area contributed by atoms with Gasteiger partial charge in [0, 0.05) is 18.6 Å². The lowest BCUT2D eigenvalue weighted by atomic mass is 10.0. The molecule has 1 fully saturated rings. The zero-order valence-corrected chi connectivity index (χ0v) is 19.4. The molecule has 0 aliphatic carbocycles. The first-order valence-electron chi connectivity index (χ1n) is 8.95. The molecule has 2 aliphatic heterocycles. The van der Waals surface area contributed by atoms with E-state index in [0.717, 1.165) is 0 Å². The van der Waals surface area contributed by atoms with Gasteiger partial charge in [0.25, 0.3) is 5.91 Å². The van der Waals surface area contributed by atoms with Gasteiger partial charge in [0.05, 0.1) is 15.0 Å². The number of aliphatic carboxylic acids is 1. The number of thiophene rings is 1. The average Bonchev–Trinajstić information content (AvgIpc) is 3.41. The Kier molecular flexibility index (Phi) is 6.50. The molecule has 0 spiro atoms. The van der Waals surface area contributed by atoms with Gasteiger partial charge in [0.1, 0.15) is 29.2 Å². The molecule has 164 valence electrons. The van der Waals surface area contributed by atoms with E-state index >= 15 is 0 Å². The second kappa shape index (κ2) is 9.14. The zero-order chi connectivity index (χ0) is 22.1. The lowest BCUT2D eigenvalue weighted by Crippen LogP contribution is -2.70. The fourth-order valence-corrected chi connectivity index (χ4v) is 7.37. The first kappa shape index (κ1) is 22.0. The van der Waals surface area contributed by atoms with Gasteiger partial charge in [0.2, 0.25) is 11.1 Å². The van der Waals surface area contributed by atoms with Crippen molar-refractivity contribution in [3.8, 4) is 0 Å². The second-order valence-electron chi connectivity index (χ2n) is 6.62. The zero-order valence-electron chi connectivity index (χ0n) is 16.1. The third kappa shape index (κ3) is 4.56. The fourth-order valence-electron chi connectivity index (χ4n) is 3.13. The van der Waals surface area contributed by atoms with Crippen LogP contribution < -0.4 is 5.32 Å². The lowest BCUT2D eigenvalue weighted by Gasteiger charge is -2.49. The number of fused-ring (bicyclic) bond motifs is 1. The van der Waals surface area contributed by atoms with Crippen molar-refractivity contribution in [2.24, 2.45) is 7.05 Å². The molecule has 3 atom stereocenters. The largest absolute Gasteiger partial charge is 0.477 e. The van der Waals surface area contributed by atoms with Crippen molar-refractivity contribution in [1.29, 1.82) is 0 Å². The number of carbonyl (C=O) groups is 3. The van der Waals surface area contributed by atoms with Crippen LogP contribution in [0.3, 0.4) is 0 Å². The maximum Gasteiger partial charge on any atom is 0.352 e. The maximum absolute atomic E-state index is 12.7. The van der Waals surface area contributed by atoms with Crippen LogP contribution in [-0.4, -0.2) is 75.4 Å². The predicted octanol–water partition coefficient (Wildman–Crippen LogP) is 0.515. The Morgan fingerprint density at radius 3 is 2.90 bits per heavy atom. The second-order valence-corrected chi connectivity index (χ2v) is 11.3. The highest BCUT2D eigenvalue weighted by molar-refractivity contribution is 8.01. The van der Waals surface area contributed by atoms with Crippen LogP contribution in [-0.2, 0) is 32.2 Å². The molecule has 2 N–H and O–H groups in total. The van der Waals surface area contributed by atoms with Crippen molar-refractivity contribution in [2.45, 2.75) is 20.8 Å². The first-order valence-corrected chi connectivity index (χ1v) is 13.2. The molecule has 0 radical (unpaired) electrons. The number of hydrogen-bond acceptors (Lipinski definition) is 9. The van der Waals surface area contributed by atoms with Crippen LogP contribution in [0.1, 0.15) is 0 Å². The van der Waals surface area contributed by atoms with Crippen LogP contribution in [0, 0.1) is 0 Å². The summed E-state index contributed by atoms with van der Waals surface area (Å²) >= 11 is 3.98. The quantitative estimate of drug-likeness (QED) is 0.394. The fraction of sp³-hybridized carbons (Fsp3) is 0.353. The van der Waals surface area contributed by atoms with E-state index in [2.05, 4.69) is 15.4 Å². The number of aromatic nitrogens is 3. The average molecular weight is 500 g/mol. The molecular formula is C17H17N5O5S4. The Balaban J connectivity index is 1.41. The van der Waals surface area contributed by atoms with Crippen molar-refractivity contribution in [3.05, 3.63) is 35.1 Å². The Morgan fingerprint density at radius 1 is 1.45 bits per heavy atom. The van der Waals surface area contributed by atoms with E-state index in [9.17, 15) is 23.7 Å². The summed E-state index contributed by atoms with van der Waals surface area (Å²) in [6, 6.07) is 2.60. The monoisotopic (exact) mass is 499 g/mol. The van der Waals surface area contributed by atoms with E-state index in [4.69, 9.17) is 0 Å². The molecule has 2 aromatic heterocycles. The van der Waals surface area contributed by atoms with Crippen LogP contribution in [0.2, 0.25) is 0 Å². The van der Waals surface area contributed by atoms with Crippen LogP contribution in [0.15, 0.2) is 44.5 Å². The van der Waals surface area contributed by atoms with Crippen LogP contribution >= 0.6 is 34.9 Å². The molecule has 2 amide bonds. The number of aryl methyl sites for hydroxylation is 1. The number of β-lactam (4-membered cyclic amide) rings is 1. The molecule has 31 heavy (non-hydrogen) atoms. The van der Waals surface area contributed by atoms with Crippen molar-refractivity contribution in [3.63, 3.8) is 0 Å². The Bertz CT molecular complexity index is 1080. The highest BCUT2D eigenvalue weighted by Gasteiger charge is 2.54. The van der Waals surface area contributed by atoms with Gasteiger partial charge in [-0.3, -0.25) is 23.4 Å². The number of thioether (sulfide) groups is 2. The van der Waals surface area contributed by atoms with Gasteiger partial charge >= 0.3 is 5.97 Å². The molecule has 2 aliphatic rings. The van der Waals surface area contributed by atoms with Gasteiger partial charge in [0.15, 0.2) is 0 Å².